The summed E-state index contributed by atoms with van der Waals surface area (Å²) < 4.78 is 27.2. The van der Waals surface area contributed by atoms with Gasteiger partial charge in [0.2, 0.25) is 0 Å². The molecule has 108 valence electrons. The number of nitrogens with zero attached hydrogens (tertiary/aromatic N) is 1. The van der Waals surface area contributed by atoms with E-state index in [0.717, 1.165) is 17.7 Å². The summed E-state index contributed by atoms with van der Waals surface area (Å²) in [7, 11) is -3.54. The summed E-state index contributed by atoms with van der Waals surface area (Å²) in [6.07, 6.45) is 3.09. The van der Waals surface area contributed by atoms with Crippen molar-refractivity contribution in [2.24, 2.45) is 0 Å². The zero-order chi connectivity index (χ0) is 14.0. The van der Waals surface area contributed by atoms with E-state index >= 15 is 0 Å². The number of aryl methyl sites for hydroxylation is 1. The van der Waals surface area contributed by atoms with Gasteiger partial charge in [-0.1, -0.05) is 6.92 Å². The van der Waals surface area contributed by atoms with Gasteiger partial charge in [-0.25, -0.2) is 13.1 Å². The molecule has 0 bridgehead atoms. The average molecular weight is 286 g/mol. The molecule has 1 fully saturated rings. The van der Waals surface area contributed by atoms with Gasteiger partial charge < -0.3 is 5.32 Å². The van der Waals surface area contributed by atoms with Crippen LogP contribution in [0, 0.1) is 6.92 Å². The third-order valence-electron chi connectivity index (χ3n) is 3.40. The number of aromatic nitrogens is 2. The van der Waals surface area contributed by atoms with Crippen LogP contribution in [0.25, 0.3) is 0 Å². The number of hydrogen-bond acceptors (Lipinski definition) is 4. The second kappa shape index (κ2) is 5.60. The summed E-state index contributed by atoms with van der Waals surface area (Å²) >= 11 is 0. The second-order valence-electron chi connectivity index (χ2n) is 5.22. The Labute approximate surface area is 114 Å². The van der Waals surface area contributed by atoms with Crippen molar-refractivity contribution in [1.82, 2.24) is 20.2 Å². The first kappa shape index (κ1) is 14.5. The van der Waals surface area contributed by atoms with Crippen LogP contribution in [0.2, 0.25) is 0 Å². The van der Waals surface area contributed by atoms with Crippen LogP contribution in [0.1, 0.15) is 44.4 Å². The normalized spacial score (nSPS) is 17.6. The van der Waals surface area contributed by atoms with E-state index in [1.165, 1.54) is 12.8 Å². The van der Waals surface area contributed by atoms with Crippen LogP contribution in [-0.2, 0) is 16.6 Å². The molecule has 1 heterocycles. The lowest BCUT2D eigenvalue weighted by atomic mass is 10.2. The Balaban J connectivity index is 2.17. The molecule has 1 aromatic heterocycles. The summed E-state index contributed by atoms with van der Waals surface area (Å²) in [6.45, 7) is 6.18. The van der Waals surface area contributed by atoms with Crippen molar-refractivity contribution in [3.05, 3.63) is 11.3 Å². The van der Waals surface area contributed by atoms with E-state index in [1.807, 2.05) is 20.8 Å². The summed E-state index contributed by atoms with van der Waals surface area (Å²) in [5, 5.41) is 10.2. The number of hydrogen-bond donors (Lipinski definition) is 3. The van der Waals surface area contributed by atoms with Crippen LogP contribution in [0.3, 0.4) is 0 Å². The number of nitrogens with one attached hydrogen (secondary N) is 3. The van der Waals surface area contributed by atoms with Crippen LogP contribution in [0.15, 0.2) is 5.03 Å². The van der Waals surface area contributed by atoms with E-state index in [4.69, 9.17) is 0 Å². The van der Waals surface area contributed by atoms with Gasteiger partial charge in [-0.15, -0.1) is 0 Å². The van der Waals surface area contributed by atoms with E-state index in [1.54, 1.807) is 0 Å². The SMILES string of the molecule is CCC(C)NS(=O)(=O)c1n[nH]c(C)c1CNC1CC1. The minimum atomic E-state index is -3.54. The largest absolute Gasteiger partial charge is 0.310 e. The van der Waals surface area contributed by atoms with E-state index in [0.29, 0.717) is 12.6 Å². The van der Waals surface area contributed by atoms with Crippen molar-refractivity contribution in [3.63, 3.8) is 0 Å². The van der Waals surface area contributed by atoms with Gasteiger partial charge >= 0.3 is 0 Å². The van der Waals surface area contributed by atoms with Gasteiger partial charge in [0.1, 0.15) is 0 Å². The quantitative estimate of drug-likeness (QED) is 0.699. The first-order chi connectivity index (χ1) is 8.94. The highest BCUT2D eigenvalue weighted by molar-refractivity contribution is 7.89. The lowest BCUT2D eigenvalue weighted by Gasteiger charge is -2.12. The molecule has 0 aromatic carbocycles. The Hall–Kier alpha value is -0.920. The topological polar surface area (TPSA) is 86.9 Å². The van der Waals surface area contributed by atoms with Crippen molar-refractivity contribution in [2.45, 2.75) is 63.7 Å². The second-order valence-corrected chi connectivity index (χ2v) is 6.85. The highest BCUT2D eigenvalue weighted by Crippen LogP contribution is 2.22. The van der Waals surface area contributed by atoms with Crippen molar-refractivity contribution in [3.8, 4) is 0 Å². The Kier molecular flexibility index (Phi) is 4.27. The van der Waals surface area contributed by atoms with Crippen molar-refractivity contribution < 1.29 is 8.42 Å². The maximum atomic E-state index is 12.3. The number of aromatic amines is 1. The molecule has 0 aliphatic heterocycles. The van der Waals surface area contributed by atoms with Gasteiger partial charge in [-0.3, -0.25) is 5.10 Å². The van der Waals surface area contributed by atoms with Gasteiger partial charge in [0.05, 0.1) is 0 Å². The maximum absolute atomic E-state index is 12.3. The molecule has 1 aliphatic rings. The van der Waals surface area contributed by atoms with E-state index < -0.39 is 10.0 Å². The Morgan fingerprint density at radius 3 is 2.74 bits per heavy atom. The molecule has 1 aliphatic carbocycles. The van der Waals surface area contributed by atoms with Crippen LogP contribution in [0.5, 0.6) is 0 Å². The molecule has 1 aromatic rings. The predicted octanol–water partition coefficient (Wildman–Crippen LogP) is 1.05. The third kappa shape index (κ3) is 3.55. The molecule has 0 spiro atoms. The third-order valence-corrected chi connectivity index (χ3v) is 4.96. The first-order valence-electron chi connectivity index (χ1n) is 6.73. The van der Waals surface area contributed by atoms with Crippen LogP contribution in [-0.4, -0.2) is 30.7 Å². The van der Waals surface area contributed by atoms with Crippen molar-refractivity contribution >= 4 is 10.0 Å². The monoisotopic (exact) mass is 286 g/mol. The number of H-pyrrole nitrogens is 1. The average Bonchev–Trinajstić information content (AvgIpc) is 3.09. The fourth-order valence-electron chi connectivity index (χ4n) is 1.80. The fourth-order valence-corrected chi connectivity index (χ4v) is 3.32. The van der Waals surface area contributed by atoms with Gasteiger partial charge in [-0.05, 0) is 33.1 Å². The van der Waals surface area contributed by atoms with Crippen molar-refractivity contribution in [1.29, 1.82) is 0 Å². The molecular formula is C12H22N4O2S. The molecule has 0 amide bonds. The van der Waals surface area contributed by atoms with Gasteiger partial charge in [0.25, 0.3) is 10.0 Å². The van der Waals surface area contributed by atoms with Crippen LogP contribution >= 0.6 is 0 Å². The van der Waals surface area contributed by atoms with E-state index in [2.05, 4.69) is 20.2 Å². The van der Waals surface area contributed by atoms with Gasteiger partial charge in [0, 0.05) is 29.9 Å². The molecule has 1 atom stereocenters. The fraction of sp³-hybridized carbons (Fsp3) is 0.750. The van der Waals surface area contributed by atoms with E-state index in [9.17, 15) is 8.42 Å². The van der Waals surface area contributed by atoms with Gasteiger partial charge in [0.15, 0.2) is 5.03 Å². The lowest BCUT2D eigenvalue weighted by Crippen LogP contribution is -2.33. The van der Waals surface area contributed by atoms with Crippen molar-refractivity contribution in [2.75, 3.05) is 0 Å². The predicted molar refractivity (Wildman–Crippen MR) is 73.3 cm³/mol. The molecule has 2 rings (SSSR count). The number of rotatable bonds is 7. The Morgan fingerprint density at radius 1 is 1.47 bits per heavy atom. The summed E-state index contributed by atoms with van der Waals surface area (Å²) in [4.78, 5) is 0. The molecule has 0 radical (unpaired) electrons. The molecule has 19 heavy (non-hydrogen) atoms. The lowest BCUT2D eigenvalue weighted by molar-refractivity contribution is 0.549. The molecule has 3 N–H and O–H groups in total. The molecule has 0 saturated heterocycles. The van der Waals surface area contributed by atoms with Gasteiger partial charge in [-0.2, -0.15) is 5.10 Å². The zero-order valence-corrected chi connectivity index (χ0v) is 12.5. The minimum absolute atomic E-state index is 0.0914. The summed E-state index contributed by atoms with van der Waals surface area (Å²) in [6, 6.07) is 0.443. The minimum Gasteiger partial charge on any atom is -0.310 e. The molecule has 7 heteroatoms. The molecule has 6 nitrogen and oxygen atoms in total. The van der Waals surface area contributed by atoms with E-state index in [-0.39, 0.29) is 11.1 Å². The highest BCUT2D eigenvalue weighted by atomic mass is 32.2. The Morgan fingerprint density at radius 2 is 2.16 bits per heavy atom. The molecule has 1 saturated carbocycles. The first-order valence-corrected chi connectivity index (χ1v) is 8.22. The Bertz CT molecular complexity index is 534. The van der Waals surface area contributed by atoms with Crippen LogP contribution in [0.4, 0.5) is 0 Å². The summed E-state index contributed by atoms with van der Waals surface area (Å²) in [5.74, 6) is 0. The zero-order valence-electron chi connectivity index (χ0n) is 11.7. The number of sulfonamides is 1. The standard InChI is InChI=1S/C12H22N4O2S/c1-4-8(2)16-19(17,18)12-11(9(3)14-15-12)7-13-10-5-6-10/h8,10,13,16H,4-7H2,1-3H3,(H,14,15). The molecule has 1 unspecified atom stereocenters. The maximum Gasteiger partial charge on any atom is 0.260 e. The summed E-state index contributed by atoms with van der Waals surface area (Å²) in [5.41, 5.74) is 1.54. The molecular weight excluding hydrogens is 264 g/mol. The highest BCUT2D eigenvalue weighted by Gasteiger charge is 2.27. The smallest absolute Gasteiger partial charge is 0.260 e. The van der Waals surface area contributed by atoms with Crippen LogP contribution < -0.4 is 10.0 Å².